The van der Waals surface area contributed by atoms with Crippen LogP contribution in [0.5, 0.6) is 5.75 Å². The average Bonchev–Trinajstić information content (AvgIpc) is 3.29. The average molecular weight is 368 g/mol. The van der Waals surface area contributed by atoms with Gasteiger partial charge >= 0.3 is 0 Å². The SMILES string of the molecule is COc1cccc(C2CC(=O)Nc3sc(C(=O)c4ccco4)c(N)c32)c1. The third kappa shape index (κ3) is 2.66. The third-order valence-corrected chi connectivity index (χ3v) is 5.56. The number of carbonyl (C=O) groups is 2. The summed E-state index contributed by atoms with van der Waals surface area (Å²) in [7, 11) is 1.59. The summed E-state index contributed by atoms with van der Waals surface area (Å²) in [5.41, 5.74) is 8.42. The number of hydrogen-bond acceptors (Lipinski definition) is 6. The molecule has 1 amide bonds. The van der Waals surface area contributed by atoms with Crippen LogP contribution in [-0.4, -0.2) is 18.8 Å². The highest BCUT2D eigenvalue weighted by Gasteiger charge is 2.34. The molecule has 3 aromatic rings. The fourth-order valence-electron chi connectivity index (χ4n) is 3.19. The number of hydrogen-bond donors (Lipinski definition) is 2. The fraction of sp³-hybridized carbons (Fsp3) is 0.158. The fourth-order valence-corrected chi connectivity index (χ4v) is 4.34. The molecule has 3 N–H and O–H groups in total. The number of nitrogen functional groups attached to an aromatic ring is 1. The minimum absolute atomic E-state index is 0.108. The molecule has 0 saturated carbocycles. The maximum Gasteiger partial charge on any atom is 0.240 e. The molecule has 7 heteroatoms. The molecule has 1 aliphatic rings. The van der Waals surface area contributed by atoms with Crippen molar-refractivity contribution in [3.63, 3.8) is 0 Å². The lowest BCUT2D eigenvalue weighted by molar-refractivity contribution is -0.116. The van der Waals surface area contributed by atoms with E-state index in [4.69, 9.17) is 14.9 Å². The van der Waals surface area contributed by atoms with Crippen LogP contribution in [0.2, 0.25) is 0 Å². The summed E-state index contributed by atoms with van der Waals surface area (Å²) >= 11 is 1.18. The maximum atomic E-state index is 12.7. The zero-order chi connectivity index (χ0) is 18.3. The van der Waals surface area contributed by atoms with E-state index in [0.29, 0.717) is 21.3 Å². The lowest BCUT2D eigenvalue weighted by Crippen LogP contribution is -2.22. The van der Waals surface area contributed by atoms with Crippen LogP contribution < -0.4 is 15.8 Å². The minimum atomic E-state index is -0.287. The summed E-state index contributed by atoms with van der Waals surface area (Å²) in [4.78, 5) is 25.3. The molecule has 6 nitrogen and oxygen atoms in total. The second-order valence-corrected chi connectivity index (χ2v) is 7.00. The molecule has 1 aromatic carbocycles. The lowest BCUT2D eigenvalue weighted by atomic mass is 9.86. The van der Waals surface area contributed by atoms with Gasteiger partial charge in [-0.05, 0) is 29.8 Å². The topological polar surface area (TPSA) is 94.6 Å². The van der Waals surface area contributed by atoms with Crippen LogP contribution in [0.3, 0.4) is 0 Å². The number of anilines is 2. The van der Waals surface area contributed by atoms with E-state index >= 15 is 0 Å². The van der Waals surface area contributed by atoms with Crippen molar-refractivity contribution >= 4 is 33.7 Å². The highest BCUT2D eigenvalue weighted by atomic mass is 32.1. The van der Waals surface area contributed by atoms with Gasteiger partial charge in [-0.3, -0.25) is 9.59 Å². The van der Waals surface area contributed by atoms with Gasteiger partial charge in [-0.2, -0.15) is 0 Å². The molecule has 132 valence electrons. The number of methoxy groups -OCH3 is 1. The molecule has 0 spiro atoms. The Morgan fingerprint density at radius 2 is 2.19 bits per heavy atom. The van der Waals surface area contributed by atoms with E-state index in [-0.39, 0.29) is 29.8 Å². The van der Waals surface area contributed by atoms with Crippen LogP contribution >= 0.6 is 11.3 Å². The van der Waals surface area contributed by atoms with E-state index in [1.807, 2.05) is 24.3 Å². The van der Waals surface area contributed by atoms with Crippen LogP contribution in [0, 0.1) is 0 Å². The first-order chi connectivity index (χ1) is 12.6. The summed E-state index contributed by atoms with van der Waals surface area (Å²) in [6, 6.07) is 10.8. The van der Waals surface area contributed by atoms with Crippen LogP contribution in [-0.2, 0) is 4.79 Å². The first-order valence-electron chi connectivity index (χ1n) is 8.02. The van der Waals surface area contributed by atoms with Gasteiger partial charge in [0.25, 0.3) is 0 Å². The van der Waals surface area contributed by atoms with Gasteiger partial charge in [0.15, 0.2) is 5.76 Å². The summed E-state index contributed by atoms with van der Waals surface area (Å²) < 4.78 is 10.5. The molecule has 1 aliphatic heterocycles. The van der Waals surface area contributed by atoms with E-state index in [2.05, 4.69) is 5.32 Å². The van der Waals surface area contributed by atoms with E-state index in [9.17, 15) is 9.59 Å². The molecule has 1 unspecified atom stereocenters. The van der Waals surface area contributed by atoms with Crippen LogP contribution in [0.4, 0.5) is 10.7 Å². The zero-order valence-corrected chi connectivity index (χ0v) is 14.8. The van der Waals surface area contributed by atoms with Crippen molar-refractivity contribution in [2.75, 3.05) is 18.2 Å². The monoisotopic (exact) mass is 368 g/mol. The van der Waals surface area contributed by atoms with Gasteiger partial charge in [-0.1, -0.05) is 12.1 Å². The third-order valence-electron chi connectivity index (χ3n) is 4.42. The lowest BCUT2D eigenvalue weighted by Gasteiger charge is -2.24. The molecular formula is C19H16N2O4S. The number of ether oxygens (including phenoxy) is 1. The van der Waals surface area contributed by atoms with Gasteiger partial charge in [-0.25, -0.2) is 0 Å². The van der Waals surface area contributed by atoms with E-state index in [0.717, 1.165) is 11.1 Å². The smallest absolute Gasteiger partial charge is 0.240 e. The maximum absolute atomic E-state index is 12.7. The van der Waals surface area contributed by atoms with Crippen molar-refractivity contribution in [3.05, 3.63) is 64.4 Å². The normalized spacial score (nSPS) is 16.0. The highest BCUT2D eigenvalue weighted by molar-refractivity contribution is 7.19. The first-order valence-corrected chi connectivity index (χ1v) is 8.84. The minimum Gasteiger partial charge on any atom is -0.497 e. The largest absolute Gasteiger partial charge is 0.497 e. The second kappa shape index (κ2) is 6.34. The number of carbonyl (C=O) groups excluding carboxylic acids is 2. The Morgan fingerprint density at radius 3 is 2.92 bits per heavy atom. The van der Waals surface area contributed by atoms with Gasteiger partial charge in [0.05, 0.1) is 19.1 Å². The summed E-state index contributed by atoms with van der Waals surface area (Å²) in [6.07, 6.45) is 1.70. The van der Waals surface area contributed by atoms with Crippen molar-refractivity contribution in [2.45, 2.75) is 12.3 Å². The Kier molecular flexibility index (Phi) is 4.00. The number of nitrogens with two attached hydrogens (primary N) is 1. The van der Waals surface area contributed by atoms with E-state index in [1.165, 1.54) is 17.6 Å². The second-order valence-electron chi connectivity index (χ2n) is 5.98. The highest BCUT2D eigenvalue weighted by Crippen LogP contribution is 2.47. The van der Waals surface area contributed by atoms with Gasteiger partial charge < -0.3 is 20.2 Å². The summed E-state index contributed by atoms with van der Waals surface area (Å²) in [6.45, 7) is 0. The van der Waals surface area contributed by atoms with Crippen LogP contribution in [0.25, 0.3) is 0 Å². The van der Waals surface area contributed by atoms with Crippen molar-refractivity contribution in [1.82, 2.24) is 0 Å². The number of rotatable bonds is 4. The van der Waals surface area contributed by atoms with Gasteiger partial charge in [0, 0.05) is 17.9 Å². The van der Waals surface area contributed by atoms with E-state index < -0.39 is 0 Å². The first kappa shape index (κ1) is 16.4. The predicted octanol–water partition coefficient (Wildman–Crippen LogP) is 3.64. The molecule has 0 fully saturated rings. The number of ketones is 1. The molecule has 0 aliphatic carbocycles. The number of benzene rings is 1. The Morgan fingerprint density at radius 1 is 1.35 bits per heavy atom. The molecule has 4 rings (SSSR count). The van der Waals surface area contributed by atoms with Gasteiger partial charge in [0.2, 0.25) is 11.7 Å². The van der Waals surface area contributed by atoms with Crippen molar-refractivity contribution in [2.24, 2.45) is 0 Å². The molecule has 0 bridgehead atoms. The van der Waals surface area contributed by atoms with Gasteiger partial charge in [0.1, 0.15) is 15.6 Å². The molecule has 0 saturated heterocycles. The van der Waals surface area contributed by atoms with E-state index in [1.54, 1.807) is 19.2 Å². The number of fused-ring (bicyclic) bond motifs is 1. The molecule has 1 atom stereocenters. The Labute approximate surface area is 153 Å². The molecule has 2 aromatic heterocycles. The quantitative estimate of drug-likeness (QED) is 0.686. The molecular weight excluding hydrogens is 352 g/mol. The van der Waals surface area contributed by atoms with Crippen molar-refractivity contribution < 1.29 is 18.7 Å². The predicted molar refractivity (Wildman–Crippen MR) is 99.0 cm³/mol. The standard InChI is InChI=1S/C19H16N2O4S/c1-24-11-5-2-4-10(8-11)12-9-14(22)21-19-15(12)16(20)18(26-19)17(23)13-6-3-7-25-13/h2-8,12H,9,20H2,1H3,(H,21,22). The molecule has 3 heterocycles. The summed E-state index contributed by atoms with van der Waals surface area (Å²) in [5, 5.41) is 3.45. The van der Waals surface area contributed by atoms with Crippen LogP contribution in [0.15, 0.2) is 47.1 Å². The van der Waals surface area contributed by atoms with Crippen LogP contribution in [0.1, 0.15) is 38.9 Å². The molecule has 0 radical (unpaired) electrons. The number of nitrogens with one attached hydrogen (secondary N) is 1. The zero-order valence-electron chi connectivity index (χ0n) is 13.9. The Bertz CT molecular complexity index is 991. The number of furan rings is 1. The van der Waals surface area contributed by atoms with Gasteiger partial charge in [-0.15, -0.1) is 11.3 Å². The Balaban J connectivity index is 1.82. The summed E-state index contributed by atoms with van der Waals surface area (Å²) in [5.74, 6) is 0.299. The van der Waals surface area contributed by atoms with Crippen molar-refractivity contribution in [3.8, 4) is 5.75 Å². The Hall–Kier alpha value is -3.06. The van der Waals surface area contributed by atoms with Crippen molar-refractivity contribution in [1.29, 1.82) is 0 Å². The number of amides is 1. The number of thiophene rings is 1. The molecule has 26 heavy (non-hydrogen) atoms.